The van der Waals surface area contributed by atoms with Crippen LogP contribution < -0.4 is 10.6 Å². The lowest BCUT2D eigenvalue weighted by molar-refractivity contribution is -0.128. The van der Waals surface area contributed by atoms with Crippen LogP contribution in [0.3, 0.4) is 0 Å². The second-order valence-electron chi connectivity index (χ2n) is 4.33. The van der Waals surface area contributed by atoms with Gasteiger partial charge in [0.15, 0.2) is 0 Å². The second kappa shape index (κ2) is 5.56. The Kier molecular flexibility index (Phi) is 4.04. The normalized spacial score (nSPS) is 18.6. The molecule has 1 aromatic carbocycles. The molecule has 5 nitrogen and oxygen atoms in total. The number of halogens is 2. The van der Waals surface area contributed by atoms with Gasteiger partial charge in [0.1, 0.15) is 11.9 Å². The van der Waals surface area contributed by atoms with Crippen molar-refractivity contribution in [1.29, 1.82) is 0 Å². The molecule has 1 aliphatic rings. The van der Waals surface area contributed by atoms with Gasteiger partial charge in [0.05, 0.1) is 4.47 Å². The third-order valence-corrected chi connectivity index (χ3v) is 3.52. The Morgan fingerprint density at radius 2 is 2.26 bits per heavy atom. The number of amides is 3. The first-order valence-electron chi connectivity index (χ1n) is 5.75. The van der Waals surface area contributed by atoms with E-state index in [-0.39, 0.29) is 10.4 Å². The van der Waals surface area contributed by atoms with E-state index in [2.05, 4.69) is 26.6 Å². The van der Waals surface area contributed by atoms with Gasteiger partial charge in [-0.25, -0.2) is 9.18 Å². The average Bonchev–Trinajstić information content (AvgIpc) is 2.66. The minimum absolute atomic E-state index is 0.101. The van der Waals surface area contributed by atoms with Crippen LogP contribution in [0.15, 0.2) is 22.7 Å². The molecule has 2 rings (SSSR count). The van der Waals surface area contributed by atoms with Crippen LogP contribution in [0.25, 0.3) is 0 Å². The van der Waals surface area contributed by atoms with Gasteiger partial charge in [-0.15, -0.1) is 0 Å². The zero-order chi connectivity index (χ0) is 14.0. The Morgan fingerprint density at radius 3 is 2.84 bits per heavy atom. The van der Waals surface area contributed by atoms with E-state index < -0.39 is 17.9 Å². The summed E-state index contributed by atoms with van der Waals surface area (Å²) in [6, 6.07) is 3.18. The average molecular weight is 330 g/mol. The zero-order valence-electron chi connectivity index (χ0n) is 10.2. The first kappa shape index (κ1) is 13.8. The fourth-order valence-corrected chi connectivity index (χ4v) is 2.23. The van der Waals surface area contributed by atoms with Gasteiger partial charge < -0.3 is 15.5 Å². The standard InChI is InChI=1S/C12H13BrFN3O2/c1-17-5-4-10(11(17)18)16-12(19)15-7-2-3-9(14)8(13)6-7/h2-3,6,10H,4-5H2,1H3,(H2,15,16,19)/t10-/m0/s1. The largest absolute Gasteiger partial charge is 0.344 e. The molecule has 7 heteroatoms. The maximum atomic E-state index is 13.0. The third-order valence-electron chi connectivity index (χ3n) is 2.91. The first-order chi connectivity index (χ1) is 8.97. The van der Waals surface area contributed by atoms with Crippen LogP contribution >= 0.6 is 15.9 Å². The van der Waals surface area contributed by atoms with Crippen LogP contribution in [0.4, 0.5) is 14.9 Å². The molecule has 102 valence electrons. The Hall–Kier alpha value is -1.63. The van der Waals surface area contributed by atoms with E-state index in [0.717, 1.165) is 0 Å². The van der Waals surface area contributed by atoms with Gasteiger partial charge in [0.2, 0.25) is 5.91 Å². The highest BCUT2D eigenvalue weighted by Gasteiger charge is 2.30. The summed E-state index contributed by atoms with van der Waals surface area (Å²) in [5.41, 5.74) is 0.449. The van der Waals surface area contributed by atoms with Gasteiger partial charge in [0, 0.05) is 19.3 Å². The number of carbonyl (C=O) groups excluding carboxylic acids is 2. The lowest BCUT2D eigenvalue weighted by Crippen LogP contribution is -2.42. The first-order valence-corrected chi connectivity index (χ1v) is 6.54. The van der Waals surface area contributed by atoms with Crippen molar-refractivity contribution in [3.05, 3.63) is 28.5 Å². The number of nitrogens with zero attached hydrogens (tertiary/aromatic N) is 1. The lowest BCUT2D eigenvalue weighted by atomic mass is 10.2. The van der Waals surface area contributed by atoms with E-state index >= 15 is 0 Å². The minimum Gasteiger partial charge on any atom is -0.344 e. The van der Waals surface area contributed by atoms with Crippen molar-refractivity contribution >= 4 is 33.6 Å². The zero-order valence-corrected chi connectivity index (χ0v) is 11.8. The molecule has 1 atom stereocenters. The predicted octanol–water partition coefficient (Wildman–Crippen LogP) is 1.94. The van der Waals surface area contributed by atoms with E-state index in [0.29, 0.717) is 18.7 Å². The van der Waals surface area contributed by atoms with Crippen molar-refractivity contribution in [3.63, 3.8) is 0 Å². The lowest BCUT2D eigenvalue weighted by Gasteiger charge is -2.13. The molecule has 1 saturated heterocycles. The summed E-state index contributed by atoms with van der Waals surface area (Å²) in [6.45, 7) is 0.631. The number of urea groups is 1. The molecule has 0 aliphatic carbocycles. The van der Waals surface area contributed by atoms with Crippen molar-refractivity contribution in [3.8, 4) is 0 Å². The molecule has 1 aromatic rings. The number of nitrogens with one attached hydrogen (secondary N) is 2. The second-order valence-corrected chi connectivity index (χ2v) is 5.18. The Balaban J connectivity index is 1.94. The van der Waals surface area contributed by atoms with Gasteiger partial charge in [-0.2, -0.15) is 0 Å². The van der Waals surface area contributed by atoms with Crippen LogP contribution in [-0.4, -0.2) is 36.5 Å². The number of benzene rings is 1. The van der Waals surface area contributed by atoms with Crippen LogP contribution in [0.5, 0.6) is 0 Å². The molecule has 2 N–H and O–H groups in total. The summed E-state index contributed by atoms with van der Waals surface area (Å²) in [5, 5.41) is 5.15. The Bertz CT molecular complexity index is 524. The van der Waals surface area contributed by atoms with E-state index in [1.165, 1.54) is 18.2 Å². The Morgan fingerprint density at radius 1 is 1.53 bits per heavy atom. The number of likely N-dealkylation sites (tertiary alicyclic amines) is 1. The molecular formula is C12H13BrFN3O2. The fraction of sp³-hybridized carbons (Fsp3) is 0.333. The summed E-state index contributed by atoms with van der Waals surface area (Å²) in [4.78, 5) is 24.9. The predicted molar refractivity (Wildman–Crippen MR) is 72.3 cm³/mol. The topological polar surface area (TPSA) is 61.4 Å². The molecule has 3 amide bonds. The molecule has 0 saturated carbocycles. The maximum absolute atomic E-state index is 13.0. The molecule has 1 heterocycles. The van der Waals surface area contributed by atoms with Crippen LogP contribution in [0.1, 0.15) is 6.42 Å². The molecule has 0 aromatic heterocycles. The number of hydrogen-bond donors (Lipinski definition) is 2. The Labute approximate surface area is 118 Å². The summed E-state index contributed by atoms with van der Waals surface area (Å²) in [7, 11) is 1.69. The highest BCUT2D eigenvalue weighted by atomic mass is 79.9. The minimum atomic E-state index is -0.492. The SMILES string of the molecule is CN1CC[C@H](NC(=O)Nc2ccc(F)c(Br)c2)C1=O. The van der Waals surface area contributed by atoms with E-state index in [1.807, 2.05) is 0 Å². The van der Waals surface area contributed by atoms with E-state index in [9.17, 15) is 14.0 Å². The van der Waals surface area contributed by atoms with Crippen molar-refractivity contribution in [2.24, 2.45) is 0 Å². The van der Waals surface area contributed by atoms with Gasteiger partial charge in [-0.1, -0.05) is 0 Å². The number of hydrogen-bond acceptors (Lipinski definition) is 2. The van der Waals surface area contributed by atoms with Gasteiger partial charge >= 0.3 is 6.03 Å². The van der Waals surface area contributed by atoms with Crippen LogP contribution in [-0.2, 0) is 4.79 Å². The quantitative estimate of drug-likeness (QED) is 0.871. The molecule has 0 radical (unpaired) electrons. The number of carbonyl (C=O) groups is 2. The number of rotatable bonds is 2. The molecule has 0 bridgehead atoms. The van der Waals surface area contributed by atoms with Crippen molar-refractivity contribution < 1.29 is 14.0 Å². The molecule has 0 spiro atoms. The van der Waals surface area contributed by atoms with E-state index in [4.69, 9.17) is 0 Å². The summed E-state index contributed by atoms with van der Waals surface area (Å²) in [5.74, 6) is -0.506. The maximum Gasteiger partial charge on any atom is 0.319 e. The molecule has 19 heavy (non-hydrogen) atoms. The van der Waals surface area contributed by atoms with Crippen molar-refractivity contribution in [2.45, 2.75) is 12.5 Å². The highest BCUT2D eigenvalue weighted by Crippen LogP contribution is 2.20. The van der Waals surface area contributed by atoms with Crippen LogP contribution in [0.2, 0.25) is 0 Å². The highest BCUT2D eigenvalue weighted by molar-refractivity contribution is 9.10. The molecule has 1 fully saturated rings. The van der Waals surface area contributed by atoms with E-state index in [1.54, 1.807) is 11.9 Å². The van der Waals surface area contributed by atoms with Crippen molar-refractivity contribution in [2.75, 3.05) is 18.9 Å². The van der Waals surface area contributed by atoms with Gasteiger partial charge in [0.25, 0.3) is 0 Å². The molecule has 1 aliphatic heterocycles. The fourth-order valence-electron chi connectivity index (χ4n) is 1.86. The summed E-state index contributed by atoms with van der Waals surface area (Å²) < 4.78 is 13.3. The number of likely N-dealkylation sites (N-methyl/N-ethyl adjacent to an activating group) is 1. The summed E-state index contributed by atoms with van der Waals surface area (Å²) >= 11 is 3.03. The summed E-state index contributed by atoms with van der Waals surface area (Å²) in [6.07, 6.45) is 0.593. The monoisotopic (exact) mass is 329 g/mol. The van der Waals surface area contributed by atoms with Gasteiger partial charge in [-0.05, 0) is 40.5 Å². The molecule has 0 unspecified atom stereocenters. The smallest absolute Gasteiger partial charge is 0.319 e. The molecular weight excluding hydrogens is 317 g/mol. The number of anilines is 1. The van der Waals surface area contributed by atoms with Crippen molar-refractivity contribution in [1.82, 2.24) is 10.2 Å². The van der Waals surface area contributed by atoms with Gasteiger partial charge in [-0.3, -0.25) is 4.79 Å². The third kappa shape index (κ3) is 3.23. The van der Waals surface area contributed by atoms with Crippen LogP contribution in [0, 0.1) is 5.82 Å².